The molecule has 0 unspecified atom stereocenters. The number of carbonyl (C=O) groups excluding carboxylic acids is 4. The van der Waals surface area contributed by atoms with E-state index in [9.17, 15) is 34.2 Å². The zero-order valence-electron chi connectivity index (χ0n) is 37.5. The molecule has 6 aliphatic rings. The summed E-state index contributed by atoms with van der Waals surface area (Å²) < 4.78 is 6.40. The van der Waals surface area contributed by atoms with E-state index in [0.29, 0.717) is 35.3 Å². The second-order valence-corrected chi connectivity index (χ2v) is 22.5. The minimum atomic E-state index is -0.974. The Kier molecular flexibility index (Phi) is 11.4. The fraction of sp³-hybridized carbons (Fsp3) is 0.735. The first-order chi connectivity index (χ1) is 27.9. The fourth-order valence-corrected chi connectivity index (χ4v) is 14.9. The van der Waals surface area contributed by atoms with Crippen molar-refractivity contribution < 1.29 is 38.9 Å². The van der Waals surface area contributed by atoms with Crippen LogP contribution in [0, 0.1) is 68.0 Å². The molecule has 1 aromatic carbocycles. The third-order valence-corrected chi connectivity index (χ3v) is 18.7. The standard InChI is InChI=1S/C49H69ClN2O8/c1-26(2)38-33(53)24-49(36(54)25-51-40(55)27(3)52-41(56)28-11-13-29(50)14-12-28)22-21-47(9)30(39(38)49)15-16-35-46(8)19-18-37(45(6,7)34(46)17-20-48(35,47)10)60-43(59)32-23-31(42(57)58)44(32,4)5/h11-14,26-27,30-32,34-37,54H,15-25H2,1-10H3,(H,51,55)(H,52,56)(H,57,58)/t27-,30-,31+,32-,34+,35-,36+,37+,46+,47-,48-,49+/m1/s1. The predicted octanol–water partition coefficient (Wildman–Crippen LogP) is 8.57. The van der Waals surface area contributed by atoms with Crippen LogP contribution >= 0.6 is 11.6 Å². The summed E-state index contributed by atoms with van der Waals surface area (Å²) in [7, 11) is 0. The van der Waals surface area contributed by atoms with Crippen LogP contribution in [-0.2, 0) is 23.9 Å². The highest BCUT2D eigenvalue weighted by atomic mass is 35.5. The first kappa shape index (κ1) is 44.8. The molecular weight excluding hydrogens is 780 g/mol. The van der Waals surface area contributed by atoms with Gasteiger partial charge in [-0.15, -0.1) is 0 Å². The third kappa shape index (κ3) is 6.69. The van der Waals surface area contributed by atoms with E-state index in [4.69, 9.17) is 16.3 Å². The van der Waals surface area contributed by atoms with E-state index >= 15 is 0 Å². The maximum absolute atomic E-state index is 14.1. The highest BCUT2D eigenvalue weighted by Gasteiger charge is 2.71. The van der Waals surface area contributed by atoms with Gasteiger partial charge in [-0.1, -0.05) is 79.5 Å². The van der Waals surface area contributed by atoms with Crippen LogP contribution < -0.4 is 10.6 Å². The Bertz CT molecular complexity index is 1970. The first-order valence-corrected chi connectivity index (χ1v) is 23.0. The smallest absolute Gasteiger partial charge is 0.309 e. The molecule has 0 aromatic heterocycles. The number of fused-ring (bicyclic) bond motifs is 7. The number of ketones is 1. The number of benzene rings is 1. The van der Waals surface area contributed by atoms with Crippen LogP contribution in [0.3, 0.4) is 0 Å². The van der Waals surface area contributed by atoms with E-state index in [1.807, 2.05) is 13.8 Å². The summed E-state index contributed by atoms with van der Waals surface area (Å²) in [4.78, 5) is 65.8. The summed E-state index contributed by atoms with van der Waals surface area (Å²) in [6.45, 7) is 21.5. The number of hydrogen-bond acceptors (Lipinski definition) is 7. The van der Waals surface area contributed by atoms with Crippen molar-refractivity contribution in [3.05, 3.63) is 46.0 Å². The molecule has 5 saturated carbocycles. The Labute approximate surface area is 361 Å². The molecule has 0 heterocycles. The lowest BCUT2D eigenvalue weighted by Crippen LogP contribution is -2.66. The van der Waals surface area contributed by atoms with Gasteiger partial charge in [0.25, 0.3) is 5.91 Å². The van der Waals surface area contributed by atoms with Gasteiger partial charge in [0, 0.05) is 34.4 Å². The van der Waals surface area contributed by atoms with Crippen LogP contribution in [0.4, 0.5) is 0 Å². The highest BCUT2D eigenvalue weighted by Crippen LogP contribution is 2.77. The van der Waals surface area contributed by atoms with Gasteiger partial charge >= 0.3 is 11.9 Å². The Morgan fingerprint density at radius 1 is 0.833 bits per heavy atom. The number of aliphatic hydroxyl groups is 1. The average Bonchev–Trinajstić information content (AvgIpc) is 3.48. The molecule has 10 nitrogen and oxygen atoms in total. The molecule has 330 valence electrons. The van der Waals surface area contributed by atoms with Gasteiger partial charge in [0.1, 0.15) is 12.1 Å². The summed E-state index contributed by atoms with van der Waals surface area (Å²) in [5.41, 5.74) is 0.576. The lowest BCUT2D eigenvalue weighted by Gasteiger charge is -2.72. The molecule has 0 spiro atoms. The lowest BCUT2D eigenvalue weighted by molar-refractivity contribution is -0.238. The molecule has 5 fully saturated rings. The normalized spacial score (nSPS) is 38.6. The van der Waals surface area contributed by atoms with Crippen molar-refractivity contribution in [1.29, 1.82) is 0 Å². The number of hydrogen-bond donors (Lipinski definition) is 4. The van der Waals surface area contributed by atoms with E-state index in [1.54, 1.807) is 31.2 Å². The Hall–Kier alpha value is -3.24. The topological polar surface area (TPSA) is 159 Å². The van der Waals surface area contributed by atoms with Gasteiger partial charge in [-0.05, 0) is 140 Å². The summed E-state index contributed by atoms with van der Waals surface area (Å²) in [6.07, 6.45) is 6.56. The van der Waals surface area contributed by atoms with Gasteiger partial charge in [-0.3, -0.25) is 24.0 Å². The van der Waals surface area contributed by atoms with Crippen molar-refractivity contribution in [2.45, 2.75) is 152 Å². The summed E-state index contributed by atoms with van der Waals surface area (Å²) in [5.74, 6) is -1.88. The molecule has 60 heavy (non-hydrogen) atoms. The number of halogens is 1. The molecule has 0 aliphatic heterocycles. The molecule has 12 atom stereocenters. The SMILES string of the molecule is CC(C)C1=C2[C@H]3CC[C@@H]4[C@@]5(C)CC[C@H](OC(=O)[C@H]6C[C@@H](C(=O)O)C6(C)C)C(C)(C)[C@@H]5CC[C@@]4(C)[C@]3(C)CC[C@@]2([C@@H](O)CNC(=O)[C@@H](C)NC(=O)c2ccc(Cl)cc2)CC1=O. The molecule has 6 aliphatic carbocycles. The minimum Gasteiger partial charge on any atom is -0.481 e. The second kappa shape index (κ2) is 15.2. The zero-order valence-corrected chi connectivity index (χ0v) is 38.3. The number of carbonyl (C=O) groups is 5. The number of ether oxygens (including phenoxy) is 1. The van der Waals surface area contributed by atoms with Crippen molar-refractivity contribution >= 4 is 41.1 Å². The average molecular weight is 850 g/mol. The summed E-state index contributed by atoms with van der Waals surface area (Å²) in [5, 5.41) is 28.1. The molecule has 2 amide bonds. The second-order valence-electron chi connectivity index (χ2n) is 22.1. The van der Waals surface area contributed by atoms with Gasteiger partial charge in [0.15, 0.2) is 5.78 Å². The monoisotopic (exact) mass is 848 g/mol. The predicted molar refractivity (Wildman–Crippen MR) is 230 cm³/mol. The summed E-state index contributed by atoms with van der Waals surface area (Å²) >= 11 is 5.98. The highest BCUT2D eigenvalue weighted by molar-refractivity contribution is 6.30. The van der Waals surface area contributed by atoms with Crippen molar-refractivity contribution in [3.63, 3.8) is 0 Å². The molecule has 1 aromatic rings. The maximum Gasteiger partial charge on any atom is 0.309 e. The third-order valence-electron chi connectivity index (χ3n) is 18.5. The van der Waals surface area contributed by atoms with Crippen LogP contribution in [0.25, 0.3) is 0 Å². The Morgan fingerprint density at radius 2 is 1.50 bits per heavy atom. The van der Waals surface area contributed by atoms with Gasteiger partial charge in [-0.25, -0.2) is 0 Å². The van der Waals surface area contributed by atoms with Gasteiger partial charge in [0.05, 0.1) is 17.9 Å². The molecule has 0 radical (unpaired) electrons. The van der Waals surface area contributed by atoms with E-state index in [1.165, 1.54) is 0 Å². The molecule has 0 saturated heterocycles. The molecule has 0 bridgehead atoms. The minimum absolute atomic E-state index is 0.000266. The van der Waals surface area contributed by atoms with Crippen LogP contribution in [0.1, 0.15) is 144 Å². The van der Waals surface area contributed by atoms with Crippen LogP contribution in [-0.4, -0.2) is 64.5 Å². The number of allylic oxidation sites excluding steroid dienone is 1. The van der Waals surface area contributed by atoms with Crippen LogP contribution in [0.2, 0.25) is 5.02 Å². The number of amides is 2. The van der Waals surface area contributed by atoms with Crippen molar-refractivity contribution in [1.82, 2.24) is 10.6 Å². The molecule has 11 heteroatoms. The zero-order chi connectivity index (χ0) is 44.1. The number of Topliss-reactive ketones (excluding diaryl/α,β-unsaturated/α-hetero) is 1. The van der Waals surface area contributed by atoms with E-state index in [2.05, 4.69) is 59.1 Å². The van der Waals surface area contributed by atoms with Crippen molar-refractivity contribution in [2.75, 3.05) is 6.54 Å². The lowest BCUT2D eigenvalue weighted by atomic mass is 9.33. The molecular formula is C49H69ClN2O8. The Balaban J connectivity index is 1.09. The van der Waals surface area contributed by atoms with E-state index in [0.717, 1.165) is 56.1 Å². The van der Waals surface area contributed by atoms with Crippen molar-refractivity contribution in [2.24, 2.45) is 68.0 Å². The number of aliphatic hydroxyl groups excluding tert-OH is 1. The summed E-state index contributed by atoms with van der Waals surface area (Å²) in [6, 6.07) is 5.59. The number of carboxylic acids is 1. The quantitative estimate of drug-likeness (QED) is 0.171. The number of rotatable bonds is 10. The van der Waals surface area contributed by atoms with Crippen LogP contribution in [0.5, 0.6) is 0 Å². The van der Waals surface area contributed by atoms with Crippen molar-refractivity contribution in [3.8, 4) is 0 Å². The largest absolute Gasteiger partial charge is 0.481 e. The Morgan fingerprint density at radius 3 is 2.12 bits per heavy atom. The van der Waals surface area contributed by atoms with Gasteiger partial charge in [0.2, 0.25) is 5.91 Å². The van der Waals surface area contributed by atoms with Gasteiger partial charge < -0.3 is 25.6 Å². The van der Waals surface area contributed by atoms with Crippen LogP contribution in [0.15, 0.2) is 35.4 Å². The molecule has 7 rings (SSSR count). The van der Waals surface area contributed by atoms with E-state index in [-0.39, 0.29) is 64.3 Å². The number of carboxylic acid groups (broad SMARTS) is 1. The number of esters is 1. The molecule has 4 N–H and O–H groups in total. The van der Waals surface area contributed by atoms with Gasteiger partial charge in [-0.2, -0.15) is 0 Å². The van der Waals surface area contributed by atoms with E-state index < -0.39 is 52.6 Å². The first-order valence-electron chi connectivity index (χ1n) is 22.6. The fourth-order valence-electron chi connectivity index (χ4n) is 14.7. The number of aliphatic carboxylic acids is 1. The maximum atomic E-state index is 14.1. The number of nitrogens with one attached hydrogen (secondary N) is 2.